The van der Waals surface area contributed by atoms with E-state index in [0.717, 1.165) is 4.90 Å². The maximum absolute atomic E-state index is 13.2. The molecule has 0 radical (unpaired) electrons. The summed E-state index contributed by atoms with van der Waals surface area (Å²) in [7, 11) is 0. The Kier molecular flexibility index (Phi) is 5.57. The van der Waals surface area contributed by atoms with E-state index in [9.17, 15) is 18.8 Å². The van der Waals surface area contributed by atoms with E-state index in [0.29, 0.717) is 17.1 Å². The largest absolute Gasteiger partial charge is 0.326 e. The highest BCUT2D eigenvalue weighted by Crippen LogP contribution is 2.15. The maximum Gasteiger partial charge on any atom is 0.324 e. The van der Waals surface area contributed by atoms with Crippen molar-refractivity contribution in [3.63, 3.8) is 0 Å². The summed E-state index contributed by atoms with van der Waals surface area (Å²) in [6.07, 6.45) is 2.25. The average Bonchev–Trinajstić information content (AvgIpc) is 3.20. The van der Waals surface area contributed by atoms with Gasteiger partial charge in [0.25, 0.3) is 5.91 Å². The van der Waals surface area contributed by atoms with Crippen LogP contribution in [0, 0.1) is 5.82 Å². The van der Waals surface area contributed by atoms with Gasteiger partial charge in [0.05, 0.1) is 0 Å². The molecular weight excluding hydrogens is 359 g/mol. The smallest absolute Gasteiger partial charge is 0.324 e. The monoisotopic (exact) mass is 376 g/mol. The third-order valence-electron chi connectivity index (χ3n) is 3.96. The minimum Gasteiger partial charge on any atom is -0.326 e. The minimum atomic E-state index is -0.725. The molecule has 1 aliphatic heterocycles. The van der Waals surface area contributed by atoms with Crippen LogP contribution in [0.2, 0.25) is 0 Å². The molecule has 1 aromatic heterocycles. The normalized spacial score (nSPS) is 16.7. The van der Waals surface area contributed by atoms with E-state index in [-0.39, 0.29) is 37.0 Å². The molecule has 1 aliphatic rings. The van der Waals surface area contributed by atoms with Crippen molar-refractivity contribution in [1.29, 1.82) is 0 Å². The van der Waals surface area contributed by atoms with E-state index in [1.807, 2.05) is 0 Å². The van der Waals surface area contributed by atoms with Crippen LogP contribution >= 0.6 is 11.3 Å². The fourth-order valence-electron chi connectivity index (χ4n) is 2.66. The van der Waals surface area contributed by atoms with Gasteiger partial charge in [-0.05, 0) is 30.5 Å². The van der Waals surface area contributed by atoms with Crippen molar-refractivity contribution in [1.82, 2.24) is 15.2 Å². The topological polar surface area (TPSA) is 91.4 Å². The molecule has 0 saturated carbocycles. The van der Waals surface area contributed by atoms with Crippen LogP contribution in [0.5, 0.6) is 0 Å². The first kappa shape index (κ1) is 18.0. The summed E-state index contributed by atoms with van der Waals surface area (Å²) < 4.78 is 13.2. The predicted octanol–water partition coefficient (Wildman–Crippen LogP) is 2.16. The van der Waals surface area contributed by atoms with Gasteiger partial charge in [-0.25, -0.2) is 14.2 Å². The standard InChI is InChI=1S/C17H17FN4O3S/c18-12-3-1-2-11(10-12)6-8-22-15(24)13(20-17(22)25)4-5-14(23)21-16-19-7-9-26-16/h1-3,7,9-10,13H,4-6,8H2,(H,20,25)(H,19,21,23). The van der Waals surface area contributed by atoms with Crippen LogP contribution < -0.4 is 10.6 Å². The lowest BCUT2D eigenvalue weighted by molar-refractivity contribution is -0.127. The summed E-state index contributed by atoms with van der Waals surface area (Å²) in [5.41, 5.74) is 0.705. The number of carbonyl (C=O) groups is 3. The van der Waals surface area contributed by atoms with Crippen molar-refractivity contribution >= 4 is 34.3 Å². The summed E-state index contributed by atoms with van der Waals surface area (Å²) >= 11 is 1.30. The number of amides is 4. The number of halogens is 1. The number of nitrogens with zero attached hydrogens (tertiary/aromatic N) is 2. The molecule has 0 bridgehead atoms. The van der Waals surface area contributed by atoms with Gasteiger partial charge in [0, 0.05) is 24.5 Å². The zero-order chi connectivity index (χ0) is 18.5. The minimum absolute atomic E-state index is 0.0913. The van der Waals surface area contributed by atoms with Gasteiger partial charge >= 0.3 is 6.03 Å². The van der Waals surface area contributed by atoms with Gasteiger partial charge in [-0.15, -0.1) is 11.3 Å². The third-order valence-corrected chi connectivity index (χ3v) is 4.65. The Morgan fingerprint density at radius 2 is 2.23 bits per heavy atom. The highest BCUT2D eigenvalue weighted by Gasteiger charge is 2.37. The van der Waals surface area contributed by atoms with E-state index < -0.39 is 12.1 Å². The highest BCUT2D eigenvalue weighted by molar-refractivity contribution is 7.13. The molecule has 0 aliphatic carbocycles. The van der Waals surface area contributed by atoms with Crippen molar-refractivity contribution in [3.8, 4) is 0 Å². The Bertz CT molecular complexity index is 812. The van der Waals surface area contributed by atoms with Crippen molar-refractivity contribution in [2.45, 2.75) is 25.3 Å². The van der Waals surface area contributed by atoms with Gasteiger partial charge in [0.2, 0.25) is 5.91 Å². The number of urea groups is 1. The molecule has 4 amide bonds. The number of anilines is 1. The summed E-state index contributed by atoms with van der Waals surface area (Å²) in [6.45, 7) is 0.163. The van der Waals surface area contributed by atoms with E-state index in [4.69, 9.17) is 0 Å². The molecule has 0 spiro atoms. The number of rotatable bonds is 7. The fraction of sp³-hybridized carbons (Fsp3) is 0.294. The first-order valence-electron chi connectivity index (χ1n) is 8.08. The maximum atomic E-state index is 13.2. The molecular formula is C17H17FN4O3S. The molecule has 1 aromatic carbocycles. The Morgan fingerprint density at radius 3 is 2.96 bits per heavy atom. The van der Waals surface area contributed by atoms with Crippen LogP contribution in [0.25, 0.3) is 0 Å². The molecule has 2 heterocycles. The molecule has 2 aromatic rings. The van der Waals surface area contributed by atoms with E-state index in [1.54, 1.807) is 23.7 Å². The van der Waals surface area contributed by atoms with E-state index in [2.05, 4.69) is 15.6 Å². The van der Waals surface area contributed by atoms with Gasteiger partial charge in [-0.2, -0.15) is 0 Å². The fourth-order valence-corrected chi connectivity index (χ4v) is 3.21. The molecule has 7 nitrogen and oxygen atoms in total. The number of aromatic nitrogens is 1. The number of hydrogen-bond acceptors (Lipinski definition) is 5. The number of hydrogen-bond donors (Lipinski definition) is 2. The molecule has 1 atom stereocenters. The van der Waals surface area contributed by atoms with Gasteiger partial charge in [0.15, 0.2) is 5.13 Å². The molecule has 3 rings (SSSR count). The zero-order valence-corrected chi connectivity index (χ0v) is 14.6. The molecule has 26 heavy (non-hydrogen) atoms. The third kappa shape index (κ3) is 4.42. The highest BCUT2D eigenvalue weighted by atomic mass is 32.1. The molecule has 136 valence electrons. The second kappa shape index (κ2) is 8.05. The van der Waals surface area contributed by atoms with E-state index in [1.165, 1.54) is 23.5 Å². The zero-order valence-electron chi connectivity index (χ0n) is 13.8. The molecule has 1 unspecified atom stereocenters. The second-order valence-electron chi connectivity index (χ2n) is 5.80. The molecule has 1 fully saturated rings. The Labute approximate surface area is 153 Å². The number of imide groups is 1. The Hall–Kier alpha value is -2.81. The summed E-state index contributed by atoms with van der Waals surface area (Å²) in [4.78, 5) is 41.3. The van der Waals surface area contributed by atoms with Crippen molar-refractivity contribution in [3.05, 3.63) is 47.2 Å². The molecule has 1 saturated heterocycles. The van der Waals surface area contributed by atoms with Crippen LogP contribution in [0.1, 0.15) is 18.4 Å². The number of benzene rings is 1. The summed E-state index contributed by atoms with van der Waals surface area (Å²) in [5, 5.41) is 7.45. The van der Waals surface area contributed by atoms with Crippen LogP contribution in [0.4, 0.5) is 14.3 Å². The van der Waals surface area contributed by atoms with Gasteiger partial charge in [-0.1, -0.05) is 12.1 Å². The number of nitrogens with one attached hydrogen (secondary N) is 2. The quantitative estimate of drug-likeness (QED) is 0.725. The Morgan fingerprint density at radius 1 is 1.38 bits per heavy atom. The molecule has 9 heteroatoms. The number of thiazole rings is 1. The lowest BCUT2D eigenvalue weighted by atomic mass is 10.1. The van der Waals surface area contributed by atoms with Gasteiger partial charge in [0.1, 0.15) is 11.9 Å². The van der Waals surface area contributed by atoms with Crippen LogP contribution in [-0.4, -0.2) is 40.3 Å². The van der Waals surface area contributed by atoms with Crippen LogP contribution in [0.3, 0.4) is 0 Å². The Balaban J connectivity index is 1.49. The summed E-state index contributed by atoms with van der Waals surface area (Å²) in [6, 6.07) is 4.82. The van der Waals surface area contributed by atoms with Crippen molar-refractivity contribution < 1.29 is 18.8 Å². The lowest BCUT2D eigenvalue weighted by Gasteiger charge is -2.13. The number of carbonyl (C=O) groups excluding carboxylic acids is 3. The van der Waals surface area contributed by atoms with E-state index >= 15 is 0 Å². The lowest BCUT2D eigenvalue weighted by Crippen LogP contribution is -2.33. The average molecular weight is 376 g/mol. The molecule has 2 N–H and O–H groups in total. The second-order valence-corrected chi connectivity index (χ2v) is 6.69. The first-order chi connectivity index (χ1) is 12.5. The SMILES string of the molecule is O=C(CCC1NC(=O)N(CCc2cccc(F)c2)C1=O)Nc1nccs1. The van der Waals surface area contributed by atoms with Gasteiger partial charge < -0.3 is 10.6 Å². The first-order valence-corrected chi connectivity index (χ1v) is 8.96. The van der Waals surface area contributed by atoms with Crippen LogP contribution in [0.15, 0.2) is 35.8 Å². The van der Waals surface area contributed by atoms with Crippen molar-refractivity contribution in [2.24, 2.45) is 0 Å². The summed E-state index contributed by atoms with van der Waals surface area (Å²) in [5.74, 6) is -0.988. The van der Waals surface area contributed by atoms with Crippen LogP contribution in [-0.2, 0) is 16.0 Å². The predicted molar refractivity (Wildman–Crippen MR) is 94.1 cm³/mol. The van der Waals surface area contributed by atoms with Gasteiger partial charge in [-0.3, -0.25) is 14.5 Å². The van der Waals surface area contributed by atoms with Crippen molar-refractivity contribution in [2.75, 3.05) is 11.9 Å².